The van der Waals surface area contributed by atoms with Gasteiger partial charge in [-0.1, -0.05) is 70.8 Å². The molecule has 3 aromatic heterocycles. The summed E-state index contributed by atoms with van der Waals surface area (Å²) in [6.07, 6.45) is 4.45. The Bertz CT molecular complexity index is 5290. The van der Waals surface area contributed by atoms with Crippen LogP contribution in [0.15, 0.2) is 250 Å². The zero-order valence-electron chi connectivity index (χ0n) is 63.3. The van der Waals surface area contributed by atoms with Crippen LogP contribution in [0.5, 0.6) is 0 Å². The molecule has 13 rings (SSSR count). The number of hydrogen-bond acceptors (Lipinski definition) is 14. The predicted octanol–water partition coefficient (Wildman–Crippen LogP) is 15.2. The Morgan fingerprint density at radius 1 is 0.278 bits per heavy atom. The summed E-state index contributed by atoms with van der Waals surface area (Å²) in [4.78, 5) is 17.7. The van der Waals surface area contributed by atoms with Crippen molar-refractivity contribution in [1.82, 2.24) is 37.9 Å². The second-order valence-electron chi connectivity index (χ2n) is 29.9. The lowest BCUT2D eigenvalue weighted by atomic mass is 10.0. The van der Waals surface area contributed by atoms with Gasteiger partial charge in [-0.15, -0.1) is 0 Å². The van der Waals surface area contributed by atoms with Crippen LogP contribution in [0.25, 0.3) is 67.6 Å². The number of nitrogens with one attached hydrogen (secondary N) is 2. The summed E-state index contributed by atoms with van der Waals surface area (Å²) in [5, 5.41) is 0. The van der Waals surface area contributed by atoms with E-state index in [1.54, 1.807) is 48.5 Å². The van der Waals surface area contributed by atoms with Gasteiger partial charge in [-0.05, 0) is 244 Å². The van der Waals surface area contributed by atoms with E-state index < -0.39 is 40.5 Å². The summed E-state index contributed by atoms with van der Waals surface area (Å²) in [6.45, 7) is 7.28. The molecule has 2 aliphatic heterocycles. The van der Waals surface area contributed by atoms with Gasteiger partial charge in [-0.3, -0.25) is 17.9 Å². The Balaban J connectivity index is 0.000000242. The number of fused-ring (bicyclic) bond motifs is 8. The fourth-order valence-corrected chi connectivity index (χ4v) is 13.2. The molecule has 0 atom stereocenters. The number of rotatable bonds is 12. The minimum atomic E-state index is -4.27. The van der Waals surface area contributed by atoms with Gasteiger partial charge in [0, 0.05) is 44.3 Å². The number of benzene rings is 8. The van der Waals surface area contributed by atoms with Crippen LogP contribution in [-0.2, 0) is 40.5 Å². The molecule has 2 N–H and O–H groups in total. The van der Waals surface area contributed by atoms with E-state index >= 15 is 0 Å². The molecule has 5 heterocycles. The molecule has 0 fully saturated rings. The molecule has 0 saturated heterocycles. The van der Waals surface area contributed by atoms with E-state index in [1.165, 1.54) is 71.3 Å². The molecule has 562 valence electrons. The Morgan fingerprint density at radius 2 is 0.491 bits per heavy atom. The molecule has 0 aliphatic carbocycles. The summed E-state index contributed by atoms with van der Waals surface area (Å²) in [6, 6.07) is 72.0. The highest BCUT2D eigenvalue weighted by Crippen LogP contribution is 2.38. The van der Waals surface area contributed by atoms with Gasteiger partial charge >= 0.3 is 0 Å². The molecule has 0 radical (unpaired) electrons. The van der Waals surface area contributed by atoms with E-state index in [1.807, 2.05) is 27.7 Å². The summed E-state index contributed by atoms with van der Waals surface area (Å²) < 4.78 is 128. The van der Waals surface area contributed by atoms with Crippen molar-refractivity contribution in [3.63, 3.8) is 0 Å². The maximum atomic E-state index is 10.4. The fraction of sp³-hybridized carbons (Fsp3) is 0.190. The van der Waals surface area contributed by atoms with Crippen LogP contribution < -0.4 is 17.9 Å². The first-order chi connectivity index (χ1) is 50.1. The highest BCUT2D eigenvalue weighted by Gasteiger charge is 2.22. The van der Waals surface area contributed by atoms with Crippen LogP contribution in [-0.4, -0.2) is 156 Å². The summed E-state index contributed by atoms with van der Waals surface area (Å²) >= 11 is 0. The number of H-pyrrole nitrogens is 2. The monoisotopic (exact) mass is 1530 g/mol. The fourth-order valence-electron chi connectivity index (χ4n) is 11.3. The zero-order chi connectivity index (χ0) is 79.3. The third kappa shape index (κ3) is 22.0. The maximum absolute atomic E-state index is 10.4. The molecule has 2 aliphatic rings. The third-order valence-electron chi connectivity index (χ3n) is 17.6. The normalized spacial score (nSPS) is 12.7. The van der Waals surface area contributed by atoms with Gasteiger partial charge in [-0.2, -0.15) is 0 Å². The minimum absolute atomic E-state index is 0.178. The van der Waals surface area contributed by atoms with Crippen LogP contribution in [0.1, 0.15) is 56.2 Å². The molecule has 108 heavy (non-hydrogen) atoms. The number of aryl methyl sites for hydroxylation is 4. The number of aromatic amines is 2. The van der Waals surface area contributed by atoms with Gasteiger partial charge in [0.15, 0.2) is 0 Å². The van der Waals surface area contributed by atoms with Crippen molar-refractivity contribution in [2.75, 3.05) is 84.6 Å². The van der Waals surface area contributed by atoms with Crippen LogP contribution in [0.3, 0.4) is 0 Å². The molecule has 0 saturated carbocycles. The molecular weight excluding hydrogens is 1440 g/mol. The second-order valence-corrected chi connectivity index (χ2v) is 35.5. The number of quaternary nitrogens is 4. The van der Waals surface area contributed by atoms with Gasteiger partial charge in [0.05, 0.1) is 127 Å². The summed E-state index contributed by atoms with van der Waals surface area (Å²) in [7, 11) is 9.27. The van der Waals surface area contributed by atoms with E-state index in [9.17, 15) is 51.9 Å². The Kier molecular flexibility index (Phi) is 24.5. The maximum Gasteiger partial charge on any atom is 0.132 e. The standard InChI is InChI=1S/C56H62N8.4C7H8O3S/c1-61(2,3)45-21-13-37(14-22-45)49-29-41-34-54-51(39-17-25-47(26-18-39)63(7,8)9)31-43(59-54)36-56-52(40-19-27-48(28-20-40)64(10,11)12)32-44(60-56)35-55-50(30-42(58-55)33-53(49)57-41)38-15-23-46(24-16-38)62(4,5)6;4*1-6-2-4-7(5-3-6)11(8,9)10/h13-36,57,60H,1-12H3;4*2-5H,1H3,(H,8,9,10)/q+4;;;;/p-4. The lowest BCUT2D eigenvalue weighted by Crippen LogP contribution is -2.34. The van der Waals surface area contributed by atoms with Crippen molar-refractivity contribution in [3.8, 4) is 22.3 Å². The minimum Gasteiger partial charge on any atom is -0.744 e. The molecule has 8 aromatic carbocycles. The lowest BCUT2D eigenvalue weighted by Gasteiger charge is -2.23. The van der Waals surface area contributed by atoms with Crippen LogP contribution in [0.4, 0.5) is 22.7 Å². The van der Waals surface area contributed by atoms with Crippen LogP contribution in [0, 0.1) is 27.7 Å². The van der Waals surface area contributed by atoms with Crippen molar-refractivity contribution >= 4 is 109 Å². The first kappa shape index (κ1) is 81.9. The van der Waals surface area contributed by atoms with Crippen LogP contribution >= 0.6 is 0 Å². The predicted molar refractivity (Wildman–Crippen MR) is 434 cm³/mol. The average Bonchev–Trinajstić information content (AvgIpc) is 1.65. The average molecular weight is 1530 g/mol. The Labute approximate surface area is 635 Å². The van der Waals surface area contributed by atoms with Gasteiger partial charge in [0.25, 0.3) is 0 Å². The van der Waals surface area contributed by atoms with Crippen molar-refractivity contribution in [2.45, 2.75) is 47.3 Å². The summed E-state index contributed by atoms with van der Waals surface area (Å²) in [5.74, 6) is 0. The van der Waals surface area contributed by atoms with E-state index in [-0.39, 0.29) is 19.6 Å². The largest absolute Gasteiger partial charge is 0.744 e. The SMILES string of the molecule is C[N+](C)(C)c1ccc(C2=Cc3cc4[nH]c(cc5nc(cc6[nH]c(cc2n3)cc6-c2ccc([N+](C)(C)C)cc2)C=C5c2ccc([N+](C)(C)C)cc2)cc4-c2ccc([N+](C)(C)C)cc2)cc1.Cc1ccc(S(=O)(=O)[O-])cc1.Cc1ccc(S(=O)(=O)[O-])cc1.Cc1ccc(S(=O)(=O)[O-])cc1.Cc1ccc(S(=O)(=O)[O-])cc1. The quantitative estimate of drug-likeness (QED) is 0.0850. The van der Waals surface area contributed by atoms with Crippen molar-refractivity contribution in [1.29, 1.82) is 0 Å². The van der Waals surface area contributed by atoms with Crippen molar-refractivity contribution in [3.05, 3.63) is 287 Å². The highest BCUT2D eigenvalue weighted by atomic mass is 32.2. The topological polar surface area (TPSA) is 286 Å². The molecule has 0 spiro atoms. The van der Waals surface area contributed by atoms with Gasteiger partial charge in [-0.25, -0.2) is 43.6 Å². The molecule has 8 bridgehead atoms. The van der Waals surface area contributed by atoms with Gasteiger partial charge < -0.3 is 28.2 Å². The zero-order valence-corrected chi connectivity index (χ0v) is 66.6. The van der Waals surface area contributed by atoms with Gasteiger partial charge in [0.2, 0.25) is 0 Å². The number of hydrogen-bond donors (Lipinski definition) is 2. The Hall–Kier alpha value is -10.2. The van der Waals surface area contributed by atoms with Crippen molar-refractivity contribution < 1.29 is 51.9 Å². The van der Waals surface area contributed by atoms with E-state index in [0.29, 0.717) is 0 Å². The molecule has 20 nitrogen and oxygen atoms in total. The first-order valence-electron chi connectivity index (χ1n) is 34.2. The number of aromatic nitrogens is 4. The van der Waals surface area contributed by atoms with E-state index in [2.05, 4.69) is 240 Å². The number of nitrogens with zero attached hydrogens (tertiary/aromatic N) is 6. The lowest BCUT2D eigenvalue weighted by molar-refractivity contribution is 0.461. The van der Waals surface area contributed by atoms with Crippen molar-refractivity contribution in [2.24, 2.45) is 0 Å². The molecule has 24 heteroatoms. The van der Waals surface area contributed by atoms with Crippen LogP contribution in [0.2, 0.25) is 0 Å². The molecule has 11 aromatic rings. The Morgan fingerprint density at radius 3 is 0.694 bits per heavy atom. The highest BCUT2D eigenvalue weighted by molar-refractivity contribution is 7.86. The first-order valence-corrected chi connectivity index (χ1v) is 39.8. The smallest absolute Gasteiger partial charge is 0.132 e. The third-order valence-corrected chi connectivity index (χ3v) is 21.0. The molecule has 0 amide bonds. The second kappa shape index (κ2) is 32.3. The molecule has 0 unspecified atom stereocenters. The molecular formula is C84H90N8O12S4. The summed E-state index contributed by atoms with van der Waals surface area (Å²) in [5.41, 5.74) is 25.0. The van der Waals surface area contributed by atoms with E-state index in [4.69, 9.17) is 9.97 Å². The van der Waals surface area contributed by atoms with E-state index in [0.717, 1.165) is 130 Å². The van der Waals surface area contributed by atoms with Gasteiger partial charge in [0.1, 0.15) is 63.2 Å².